The third kappa shape index (κ3) is 5.50. The molecule has 0 saturated heterocycles. The van der Waals surface area contributed by atoms with E-state index in [0.717, 1.165) is 29.1 Å². The molecular formula is C55H49N. The third-order valence-electron chi connectivity index (χ3n) is 14.2. The van der Waals surface area contributed by atoms with Crippen molar-refractivity contribution in [3.8, 4) is 44.5 Å². The lowest BCUT2D eigenvalue weighted by atomic mass is 9.48. The summed E-state index contributed by atoms with van der Waals surface area (Å²) in [5.74, 6) is 2.88. The Morgan fingerprint density at radius 2 is 0.929 bits per heavy atom. The van der Waals surface area contributed by atoms with E-state index in [-0.39, 0.29) is 5.41 Å². The second-order valence-corrected chi connectivity index (χ2v) is 18.0. The van der Waals surface area contributed by atoms with Crippen LogP contribution in [-0.4, -0.2) is 0 Å². The molecule has 0 aromatic heterocycles. The third-order valence-corrected chi connectivity index (χ3v) is 14.2. The quantitative estimate of drug-likeness (QED) is 0.158. The number of hydrogen-bond donors (Lipinski definition) is 0. The number of rotatable bonds is 7. The van der Waals surface area contributed by atoms with Gasteiger partial charge >= 0.3 is 0 Å². The lowest BCUT2D eigenvalue weighted by molar-refractivity contribution is -0.00518. The summed E-state index contributed by atoms with van der Waals surface area (Å²) in [5, 5.41) is 0. The molecule has 0 amide bonds. The summed E-state index contributed by atoms with van der Waals surface area (Å²) < 4.78 is 0. The van der Waals surface area contributed by atoms with Gasteiger partial charge in [0.2, 0.25) is 0 Å². The van der Waals surface area contributed by atoms with Crippen LogP contribution >= 0.6 is 0 Å². The van der Waals surface area contributed by atoms with Crippen molar-refractivity contribution in [2.75, 3.05) is 4.90 Å². The van der Waals surface area contributed by atoms with E-state index in [1.807, 2.05) is 0 Å². The van der Waals surface area contributed by atoms with Gasteiger partial charge in [0.1, 0.15) is 0 Å². The SMILES string of the molecule is CC1(C)c2ccccc2-c2ccc(N(c3ccc(-c4ccc(C56CC7CC(CC(C7)C5)C6)cc4)cc3)c3ccc(-c4ccccc4)cc3-c3ccccc3)cc21. The number of benzene rings is 7. The first-order valence-electron chi connectivity index (χ1n) is 20.9. The van der Waals surface area contributed by atoms with Crippen LogP contribution in [0.4, 0.5) is 17.1 Å². The van der Waals surface area contributed by atoms with Crippen molar-refractivity contribution in [2.45, 2.75) is 63.2 Å². The van der Waals surface area contributed by atoms with E-state index < -0.39 is 0 Å². The van der Waals surface area contributed by atoms with Crippen LogP contribution in [-0.2, 0) is 10.8 Å². The smallest absolute Gasteiger partial charge is 0.0540 e. The van der Waals surface area contributed by atoms with Gasteiger partial charge in [0.15, 0.2) is 0 Å². The van der Waals surface area contributed by atoms with Crippen LogP contribution in [0.15, 0.2) is 170 Å². The van der Waals surface area contributed by atoms with E-state index in [2.05, 4.69) is 189 Å². The topological polar surface area (TPSA) is 3.24 Å². The summed E-state index contributed by atoms with van der Waals surface area (Å²) >= 11 is 0. The average molecular weight is 724 g/mol. The molecule has 5 aliphatic rings. The van der Waals surface area contributed by atoms with Gasteiger partial charge in [0.25, 0.3) is 0 Å². The van der Waals surface area contributed by atoms with Gasteiger partial charge in [-0.1, -0.05) is 147 Å². The highest BCUT2D eigenvalue weighted by Crippen LogP contribution is 2.61. The average Bonchev–Trinajstić information content (AvgIpc) is 3.47. The largest absolute Gasteiger partial charge is 0.310 e. The Morgan fingerprint density at radius 1 is 0.411 bits per heavy atom. The zero-order valence-electron chi connectivity index (χ0n) is 32.6. The van der Waals surface area contributed by atoms with Gasteiger partial charge in [-0.05, 0) is 154 Å². The molecule has 0 N–H and O–H groups in total. The molecule has 0 spiro atoms. The molecule has 7 aromatic rings. The molecular weight excluding hydrogens is 675 g/mol. The Kier molecular flexibility index (Phi) is 7.79. The predicted octanol–water partition coefficient (Wildman–Crippen LogP) is 14.9. The van der Waals surface area contributed by atoms with Crippen molar-refractivity contribution in [3.05, 3.63) is 187 Å². The molecule has 4 fully saturated rings. The van der Waals surface area contributed by atoms with E-state index in [1.165, 1.54) is 99.8 Å². The highest BCUT2D eigenvalue weighted by atomic mass is 15.1. The van der Waals surface area contributed by atoms with Gasteiger partial charge in [0, 0.05) is 22.4 Å². The molecule has 0 radical (unpaired) electrons. The molecule has 12 rings (SSSR count). The molecule has 0 unspecified atom stereocenters. The normalized spacial score (nSPS) is 22.4. The Morgan fingerprint density at radius 3 is 1.59 bits per heavy atom. The minimum atomic E-state index is -0.0980. The summed E-state index contributed by atoms with van der Waals surface area (Å²) in [4.78, 5) is 2.48. The van der Waals surface area contributed by atoms with Gasteiger partial charge in [0.05, 0.1) is 5.69 Å². The maximum Gasteiger partial charge on any atom is 0.0540 e. The minimum Gasteiger partial charge on any atom is -0.310 e. The summed E-state index contributed by atoms with van der Waals surface area (Å²) in [5.41, 5.74) is 18.3. The fourth-order valence-corrected chi connectivity index (χ4v) is 11.9. The molecule has 0 heterocycles. The van der Waals surface area contributed by atoms with E-state index in [4.69, 9.17) is 0 Å². The van der Waals surface area contributed by atoms with Crippen molar-refractivity contribution >= 4 is 17.1 Å². The van der Waals surface area contributed by atoms with E-state index >= 15 is 0 Å². The van der Waals surface area contributed by atoms with Crippen LogP contribution in [0, 0.1) is 17.8 Å². The van der Waals surface area contributed by atoms with E-state index in [9.17, 15) is 0 Å². The standard InChI is InChI=1S/C55H49N/c1-54(2)51-16-10-9-15-48(51)49-27-26-47(33-52(49)54)56(53-28-21-44(40-11-5-3-6-12-40)32-50(53)43-13-7-4-8-14-43)46-24-19-42(20-25-46)41-17-22-45(23-18-41)55-34-37-29-38(35-55)31-39(30-37)36-55/h3-28,32-33,37-39H,29-31,34-36H2,1-2H3. The molecule has 1 heteroatoms. The molecule has 274 valence electrons. The Balaban J connectivity index is 1.01. The lowest BCUT2D eigenvalue weighted by Crippen LogP contribution is -2.48. The summed E-state index contributed by atoms with van der Waals surface area (Å²) in [7, 11) is 0. The number of hydrogen-bond acceptors (Lipinski definition) is 1. The van der Waals surface area contributed by atoms with E-state index in [1.54, 1.807) is 5.56 Å². The first kappa shape index (κ1) is 33.7. The van der Waals surface area contributed by atoms with Crippen LogP contribution in [0.3, 0.4) is 0 Å². The second-order valence-electron chi connectivity index (χ2n) is 18.0. The first-order chi connectivity index (χ1) is 27.4. The highest BCUT2D eigenvalue weighted by molar-refractivity contribution is 5.92. The van der Waals surface area contributed by atoms with Crippen LogP contribution < -0.4 is 4.90 Å². The van der Waals surface area contributed by atoms with Gasteiger partial charge in [-0.15, -0.1) is 0 Å². The molecule has 56 heavy (non-hydrogen) atoms. The summed E-state index contributed by atoms with van der Waals surface area (Å²) in [6.07, 6.45) is 8.69. The van der Waals surface area contributed by atoms with Crippen molar-refractivity contribution in [1.82, 2.24) is 0 Å². The molecule has 4 bridgehead atoms. The Bertz CT molecular complexity index is 2530. The summed E-state index contributed by atoms with van der Waals surface area (Å²) in [6.45, 7) is 4.75. The van der Waals surface area contributed by atoms with Crippen molar-refractivity contribution in [3.63, 3.8) is 0 Å². The molecule has 4 saturated carbocycles. The van der Waals surface area contributed by atoms with Crippen molar-refractivity contribution < 1.29 is 0 Å². The van der Waals surface area contributed by atoms with E-state index in [0.29, 0.717) is 5.41 Å². The molecule has 1 nitrogen and oxygen atoms in total. The van der Waals surface area contributed by atoms with Crippen LogP contribution in [0.2, 0.25) is 0 Å². The molecule has 5 aliphatic carbocycles. The van der Waals surface area contributed by atoms with Crippen molar-refractivity contribution in [1.29, 1.82) is 0 Å². The number of nitrogens with zero attached hydrogens (tertiary/aromatic N) is 1. The Hall–Kier alpha value is -5.66. The maximum absolute atomic E-state index is 2.48. The molecule has 0 aliphatic heterocycles. The fraction of sp³-hybridized carbons (Fsp3) is 0.236. The molecule has 7 aromatic carbocycles. The highest BCUT2D eigenvalue weighted by Gasteiger charge is 2.51. The number of fused-ring (bicyclic) bond motifs is 3. The van der Waals surface area contributed by atoms with Crippen LogP contribution in [0.25, 0.3) is 44.5 Å². The van der Waals surface area contributed by atoms with Gasteiger partial charge < -0.3 is 4.90 Å². The number of anilines is 3. The monoisotopic (exact) mass is 723 g/mol. The van der Waals surface area contributed by atoms with Crippen LogP contribution in [0.1, 0.15) is 69.1 Å². The Labute approximate surface area is 332 Å². The van der Waals surface area contributed by atoms with Gasteiger partial charge in [-0.25, -0.2) is 0 Å². The molecule has 0 atom stereocenters. The fourth-order valence-electron chi connectivity index (χ4n) is 11.9. The summed E-state index contributed by atoms with van der Waals surface area (Å²) in [6, 6.07) is 63.8. The lowest BCUT2D eigenvalue weighted by Gasteiger charge is -2.57. The van der Waals surface area contributed by atoms with Crippen molar-refractivity contribution in [2.24, 2.45) is 17.8 Å². The second kappa shape index (κ2) is 13.0. The zero-order valence-corrected chi connectivity index (χ0v) is 32.6. The van der Waals surface area contributed by atoms with Gasteiger partial charge in [-0.3, -0.25) is 0 Å². The first-order valence-corrected chi connectivity index (χ1v) is 20.9. The van der Waals surface area contributed by atoms with Crippen LogP contribution in [0.5, 0.6) is 0 Å². The predicted molar refractivity (Wildman–Crippen MR) is 235 cm³/mol. The maximum atomic E-state index is 2.48. The van der Waals surface area contributed by atoms with Gasteiger partial charge in [-0.2, -0.15) is 0 Å². The zero-order chi connectivity index (χ0) is 37.4. The minimum absolute atomic E-state index is 0.0980.